The number of carbonyl (C=O) groups is 3. The van der Waals surface area contributed by atoms with Crippen molar-refractivity contribution in [3.05, 3.63) is 170 Å². The van der Waals surface area contributed by atoms with Crippen LogP contribution in [0.15, 0.2) is 170 Å². The van der Waals surface area contributed by atoms with Crippen molar-refractivity contribution in [3.8, 4) is 0 Å². The molecule has 1 unspecified atom stereocenters. The minimum Gasteiger partial charge on any atom is -0.462 e. The van der Waals surface area contributed by atoms with E-state index in [9.17, 15) is 14.4 Å². The zero-order valence-electron chi connectivity index (χ0n) is 53.4. The van der Waals surface area contributed by atoms with Gasteiger partial charge in [0, 0.05) is 12.8 Å². The van der Waals surface area contributed by atoms with E-state index in [1.165, 1.54) is 103 Å². The molecule has 0 radical (unpaired) electrons. The van der Waals surface area contributed by atoms with Crippen molar-refractivity contribution in [3.63, 3.8) is 0 Å². The van der Waals surface area contributed by atoms with Crippen LogP contribution in [-0.4, -0.2) is 37.2 Å². The molecule has 1 atom stereocenters. The van der Waals surface area contributed by atoms with Crippen LogP contribution in [0.25, 0.3) is 0 Å². The molecule has 0 heterocycles. The number of hydrogen-bond donors (Lipinski definition) is 0. The molecular weight excluding hydrogens is 1020 g/mol. The molecule has 0 aliphatic rings. The molecule has 0 saturated heterocycles. The van der Waals surface area contributed by atoms with Crippen LogP contribution >= 0.6 is 0 Å². The van der Waals surface area contributed by atoms with Crippen molar-refractivity contribution in [2.24, 2.45) is 0 Å². The monoisotopic (exact) mass is 1140 g/mol. The number of rotatable bonds is 59. The normalized spacial score (nSPS) is 13.2. The number of carbonyl (C=O) groups excluding carboxylic acids is 3. The minimum atomic E-state index is -0.835. The molecule has 0 fully saturated rings. The highest BCUT2D eigenvalue weighted by atomic mass is 16.6. The fourth-order valence-electron chi connectivity index (χ4n) is 8.76. The molecule has 466 valence electrons. The maximum atomic E-state index is 12.9. The molecule has 83 heavy (non-hydrogen) atoms. The van der Waals surface area contributed by atoms with E-state index >= 15 is 0 Å². The van der Waals surface area contributed by atoms with Gasteiger partial charge >= 0.3 is 17.9 Å². The Hall–Kier alpha value is -5.23. The van der Waals surface area contributed by atoms with Gasteiger partial charge in [-0.05, 0) is 135 Å². The lowest BCUT2D eigenvalue weighted by atomic mass is 10.0. The van der Waals surface area contributed by atoms with Crippen molar-refractivity contribution >= 4 is 17.9 Å². The molecule has 0 bridgehead atoms. The predicted octanol–water partition coefficient (Wildman–Crippen LogP) is 23.4. The van der Waals surface area contributed by atoms with Gasteiger partial charge in [0.2, 0.25) is 0 Å². The molecule has 0 aromatic rings. The summed E-state index contributed by atoms with van der Waals surface area (Å²) in [6.45, 7) is 6.29. The third-order valence-electron chi connectivity index (χ3n) is 13.7. The van der Waals surface area contributed by atoms with E-state index in [4.69, 9.17) is 14.2 Å². The van der Waals surface area contributed by atoms with Gasteiger partial charge in [0.1, 0.15) is 13.2 Å². The first-order chi connectivity index (χ1) is 41.0. The summed E-state index contributed by atoms with van der Waals surface area (Å²) in [6, 6.07) is 0. The van der Waals surface area contributed by atoms with E-state index in [0.29, 0.717) is 6.42 Å². The molecule has 0 aliphatic carbocycles. The average Bonchev–Trinajstić information content (AvgIpc) is 3.49. The summed E-state index contributed by atoms with van der Waals surface area (Å²) in [6.07, 6.45) is 102. The first-order valence-corrected chi connectivity index (χ1v) is 33.6. The van der Waals surface area contributed by atoms with Crippen LogP contribution in [0.2, 0.25) is 0 Å². The maximum absolute atomic E-state index is 12.9. The van der Waals surface area contributed by atoms with Gasteiger partial charge in [0.15, 0.2) is 6.10 Å². The van der Waals surface area contributed by atoms with Crippen molar-refractivity contribution in [2.45, 2.75) is 284 Å². The van der Waals surface area contributed by atoms with Gasteiger partial charge < -0.3 is 14.2 Å². The maximum Gasteiger partial charge on any atom is 0.309 e. The summed E-state index contributed by atoms with van der Waals surface area (Å²) in [4.78, 5) is 38.3. The Bertz CT molecular complexity index is 1890. The number of allylic oxidation sites excluding steroid dienone is 27. The second kappa shape index (κ2) is 69.3. The van der Waals surface area contributed by atoms with Crippen LogP contribution in [0, 0.1) is 0 Å². The van der Waals surface area contributed by atoms with E-state index in [2.05, 4.69) is 179 Å². The standard InChI is InChI=1S/C77H122O6/c1-4-7-10-13-16-19-22-25-28-30-32-33-34-35-36-37-38-39-40-41-42-43-45-46-49-52-55-58-61-64-67-70-76(79)82-73-74(72-81-75(78)69-66-63-60-57-54-51-48-27-24-21-18-15-12-9-6-3)83-77(80)71-68-65-62-59-56-53-50-47-44-31-29-26-23-20-17-14-11-8-5-2/h7,9-10,12,16-21,25-29,32-33,35-36,38-39,44,47-48,54,57,63,66,74H,4-6,8,11,13-15,22-24,30-31,34,37,40-43,45-46,49-53,55-56,58-62,64-65,67-73H2,1-3H3/b10-7-,12-9-,19-16-,20-17-,21-18-,28-25-,29-26-,33-32-,36-35-,39-38-,47-44-,48-27-,57-54-,66-63-. The number of ether oxygens (including phenoxy) is 3. The molecular formula is C77H122O6. The van der Waals surface area contributed by atoms with Crippen molar-refractivity contribution in [1.29, 1.82) is 0 Å². The fraction of sp³-hybridized carbons (Fsp3) is 0.597. The number of unbranched alkanes of at least 4 members (excludes halogenated alkanes) is 21. The number of esters is 3. The Morgan fingerprint density at radius 1 is 0.265 bits per heavy atom. The highest BCUT2D eigenvalue weighted by molar-refractivity contribution is 5.72. The third kappa shape index (κ3) is 67.4. The molecule has 0 aliphatic heterocycles. The fourth-order valence-corrected chi connectivity index (χ4v) is 8.76. The average molecular weight is 1140 g/mol. The SMILES string of the molecule is CC/C=C\C/C=C\C/C=C\C/C=C\C/C=C\C/C=C\CCCCCCCCCCCCCCC(=O)OCC(COC(=O)C/C=C\C/C=C\C/C=C\C/C=C\C/C=C\CC)OC(=O)CCCCCCCC/C=C\C/C=C\C/C=C\CCCCC. The zero-order valence-corrected chi connectivity index (χ0v) is 53.4. The Balaban J connectivity index is 4.39. The summed E-state index contributed by atoms with van der Waals surface area (Å²) < 4.78 is 16.8. The van der Waals surface area contributed by atoms with Crippen LogP contribution in [0.1, 0.15) is 278 Å². The van der Waals surface area contributed by atoms with Gasteiger partial charge in [-0.15, -0.1) is 0 Å². The number of hydrogen-bond acceptors (Lipinski definition) is 6. The Morgan fingerprint density at radius 3 is 0.843 bits per heavy atom. The summed E-state index contributed by atoms with van der Waals surface area (Å²) in [5, 5.41) is 0. The predicted molar refractivity (Wildman–Crippen MR) is 361 cm³/mol. The van der Waals surface area contributed by atoms with Crippen LogP contribution in [-0.2, 0) is 28.6 Å². The molecule has 0 amide bonds. The van der Waals surface area contributed by atoms with Crippen LogP contribution in [0.4, 0.5) is 0 Å². The Kier molecular flexibility index (Phi) is 64.9. The van der Waals surface area contributed by atoms with Gasteiger partial charge in [-0.1, -0.05) is 294 Å². The zero-order chi connectivity index (χ0) is 59.9. The molecule has 6 nitrogen and oxygen atoms in total. The van der Waals surface area contributed by atoms with Crippen LogP contribution in [0.5, 0.6) is 0 Å². The van der Waals surface area contributed by atoms with Gasteiger partial charge in [-0.3, -0.25) is 14.4 Å². The van der Waals surface area contributed by atoms with Crippen LogP contribution < -0.4 is 0 Å². The van der Waals surface area contributed by atoms with E-state index in [-0.39, 0.29) is 38.0 Å². The van der Waals surface area contributed by atoms with Crippen molar-refractivity contribution in [2.75, 3.05) is 13.2 Å². The first-order valence-electron chi connectivity index (χ1n) is 33.6. The summed E-state index contributed by atoms with van der Waals surface area (Å²) in [7, 11) is 0. The van der Waals surface area contributed by atoms with E-state index in [1.807, 2.05) is 6.08 Å². The lowest BCUT2D eigenvalue weighted by Gasteiger charge is -2.18. The Labute approximate surface area is 511 Å². The lowest BCUT2D eigenvalue weighted by Crippen LogP contribution is -2.30. The van der Waals surface area contributed by atoms with Gasteiger partial charge in [-0.2, -0.15) is 0 Å². The smallest absolute Gasteiger partial charge is 0.309 e. The van der Waals surface area contributed by atoms with E-state index in [0.717, 1.165) is 135 Å². The summed E-state index contributed by atoms with van der Waals surface area (Å²) in [5.74, 6) is -1.07. The van der Waals surface area contributed by atoms with Gasteiger partial charge in [-0.25, -0.2) is 0 Å². The van der Waals surface area contributed by atoms with Gasteiger partial charge in [0.05, 0.1) is 6.42 Å². The summed E-state index contributed by atoms with van der Waals surface area (Å²) in [5.41, 5.74) is 0. The quantitative estimate of drug-likeness (QED) is 0.0261. The molecule has 0 aromatic heterocycles. The summed E-state index contributed by atoms with van der Waals surface area (Å²) >= 11 is 0. The first kappa shape index (κ1) is 77.8. The molecule has 0 saturated carbocycles. The van der Waals surface area contributed by atoms with Crippen molar-refractivity contribution < 1.29 is 28.6 Å². The Morgan fingerprint density at radius 2 is 0.518 bits per heavy atom. The third-order valence-corrected chi connectivity index (χ3v) is 13.7. The molecule has 0 rings (SSSR count). The molecule has 6 heteroatoms. The highest BCUT2D eigenvalue weighted by Crippen LogP contribution is 2.15. The lowest BCUT2D eigenvalue weighted by molar-refractivity contribution is -0.166. The van der Waals surface area contributed by atoms with E-state index < -0.39 is 12.1 Å². The second-order valence-corrected chi connectivity index (χ2v) is 21.6. The molecule has 0 N–H and O–H groups in total. The topological polar surface area (TPSA) is 78.9 Å². The van der Waals surface area contributed by atoms with Gasteiger partial charge in [0.25, 0.3) is 0 Å². The van der Waals surface area contributed by atoms with Crippen molar-refractivity contribution in [1.82, 2.24) is 0 Å². The largest absolute Gasteiger partial charge is 0.462 e. The van der Waals surface area contributed by atoms with Crippen LogP contribution in [0.3, 0.4) is 0 Å². The molecule has 0 aromatic carbocycles. The minimum absolute atomic E-state index is 0.117. The molecule has 0 spiro atoms. The highest BCUT2D eigenvalue weighted by Gasteiger charge is 2.19. The van der Waals surface area contributed by atoms with E-state index in [1.54, 1.807) is 6.08 Å². The second-order valence-electron chi connectivity index (χ2n) is 21.6.